The molecule has 1 heterocycles. The average molecular weight is 294 g/mol. The summed E-state index contributed by atoms with van der Waals surface area (Å²) in [5.41, 5.74) is 8.99. The number of nitrogens with one attached hydrogen (secondary N) is 1. The maximum Gasteiger partial charge on any atom is 0.239 e. The lowest BCUT2D eigenvalue weighted by Gasteiger charge is -2.23. The molecular formula is C14H22N4OS. The summed E-state index contributed by atoms with van der Waals surface area (Å²) in [5, 5.41) is 2.86. The Morgan fingerprint density at radius 1 is 1.50 bits per heavy atom. The molecule has 110 valence electrons. The number of aromatic nitrogens is 1. The summed E-state index contributed by atoms with van der Waals surface area (Å²) in [6.45, 7) is 7.88. The summed E-state index contributed by atoms with van der Waals surface area (Å²) in [6.07, 6.45) is 0. The van der Waals surface area contributed by atoms with Crippen molar-refractivity contribution >= 4 is 28.8 Å². The number of carbonyl (C=O) groups is 1. The van der Waals surface area contributed by atoms with Gasteiger partial charge >= 0.3 is 0 Å². The van der Waals surface area contributed by atoms with Gasteiger partial charge in [-0.3, -0.25) is 9.78 Å². The lowest BCUT2D eigenvalue weighted by molar-refractivity contribution is -0.120. The van der Waals surface area contributed by atoms with E-state index in [-0.39, 0.29) is 18.5 Å². The van der Waals surface area contributed by atoms with E-state index in [0.29, 0.717) is 4.99 Å². The molecule has 0 saturated carbocycles. The Bertz CT molecular complexity index is 528. The number of anilines is 1. The molecular weight excluding hydrogens is 272 g/mol. The van der Waals surface area contributed by atoms with Crippen molar-refractivity contribution in [1.82, 2.24) is 10.3 Å². The van der Waals surface area contributed by atoms with E-state index in [9.17, 15) is 4.79 Å². The molecule has 0 aliphatic rings. The van der Waals surface area contributed by atoms with Gasteiger partial charge in [0.15, 0.2) is 0 Å². The molecule has 6 heteroatoms. The smallest absolute Gasteiger partial charge is 0.239 e. The van der Waals surface area contributed by atoms with Crippen molar-refractivity contribution in [3.05, 3.63) is 23.0 Å². The molecule has 0 fully saturated rings. The minimum Gasteiger partial charge on any atom is -0.389 e. The predicted molar refractivity (Wildman–Crippen MR) is 86.1 cm³/mol. The van der Waals surface area contributed by atoms with Gasteiger partial charge in [-0.15, -0.1) is 0 Å². The number of aryl methyl sites for hydroxylation is 2. The molecule has 1 aromatic heterocycles. The molecule has 0 aliphatic heterocycles. The number of hydrogen-bond acceptors (Lipinski definition) is 4. The van der Waals surface area contributed by atoms with E-state index in [1.807, 2.05) is 45.7 Å². The highest BCUT2D eigenvalue weighted by Gasteiger charge is 2.16. The minimum absolute atomic E-state index is 0.0384. The van der Waals surface area contributed by atoms with E-state index < -0.39 is 0 Å². The molecule has 0 radical (unpaired) electrons. The van der Waals surface area contributed by atoms with Gasteiger partial charge in [-0.1, -0.05) is 12.2 Å². The number of rotatable bonds is 5. The summed E-state index contributed by atoms with van der Waals surface area (Å²) < 4.78 is 0. The Hall–Kier alpha value is -1.69. The molecule has 3 N–H and O–H groups in total. The zero-order valence-corrected chi connectivity index (χ0v) is 13.5. The molecule has 5 nitrogen and oxygen atoms in total. The number of amides is 1. The van der Waals surface area contributed by atoms with E-state index in [4.69, 9.17) is 18.0 Å². The van der Waals surface area contributed by atoms with Crippen molar-refractivity contribution in [1.29, 1.82) is 0 Å². The molecule has 1 rings (SSSR count). The van der Waals surface area contributed by atoms with Gasteiger partial charge in [0, 0.05) is 24.5 Å². The van der Waals surface area contributed by atoms with Crippen LogP contribution in [0.1, 0.15) is 30.8 Å². The Kier molecular flexibility index (Phi) is 5.44. The molecule has 0 bridgehead atoms. The Morgan fingerprint density at radius 3 is 2.60 bits per heavy atom. The van der Waals surface area contributed by atoms with Crippen LogP contribution in [-0.4, -0.2) is 35.5 Å². The molecule has 0 aromatic carbocycles. The van der Waals surface area contributed by atoms with E-state index in [1.165, 1.54) is 0 Å². The first-order valence-electron chi connectivity index (χ1n) is 6.51. The highest BCUT2D eigenvalue weighted by molar-refractivity contribution is 7.80. The Labute approximate surface area is 125 Å². The fourth-order valence-corrected chi connectivity index (χ4v) is 2.33. The highest BCUT2D eigenvalue weighted by Crippen LogP contribution is 2.22. The topological polar surface area (TPSA) is 71.2 Å². The van der Waals surface area contributed by atoms with Gasteiger partial charge in [0.05, 0.1) is 17.8 Å². The molecule has 1 aromatic rings. The quantitative estimate of drug-likeness (QED) is 0.801. The van der Waals surface area contributed by atoms with Crippen LogP contribution in [0.2, 0.25) is 0 Å². The van der Waals surface area contributed by atoms with Gasteiger partial charge in [-0.2, -0.15) is 0 Å². The third-order valence-corrected chi connectivity index (χ3v) is 3.00. The van der Waals surface area contributed by atoms with Crippen LogP contribution in [0.5, 0.6) is 0 Å². The summed E-state index contributed by atoms with van der Waals surface area (Å²) >= 11 is 5.09. The van der Waals surface area contributed by atoms with Gasteiger partial charge in [0.25, 0.3) is 0 Å². The SMILES string of the molecule is Cc1cc(N(C)CC(=O)NC(C)C)c(C(N)=S)c(C)n1. The van der Waals surface area contributed by atoms with E-state index in [2.05, 4.69) is 10.3 Å². The molecule has 20 heavy (non-hydrogen) atoms. The van der Waals surface area contributed by atoms with E-state index in [1.54, 1.807) is 0 Å². The molecule has 1 amide bonds. The molecule has 0 aliphatic carbocycles. The van der Waals surface area contributed by atoms with Crippen LogP contribution < -0.4 is 16.0 Å². The van der Waals surface area contributed by atoms with Crippen molar-refractivity contribution in [3.8, 4) is 0 Å². The second kappa shape index (κ2) is 6.65. The fraction of sp³-hybridized carbons (Fsp3) is 0.500. The number of nitrogens with zero attached hydrogens (tertiary/aromatic N) is 2. The van der Waals surface area contributed by atoms with Crippen LogP contribution in [0.4, 0.5) is 5.69 Å². The van der Waals surface area contributed by atoms with Crippen molar-refractivity contribution in [3.63, 3.8) is 0 Å². The van der Waals surface area contributed by atoms with Crippen LogP contribution >= 0.6 is 12.2 Å². The standard InChI is InChI=1S/C14H22N4OS/c1-8(2)16-12(19)7-18(5)11-6-9(3)17-10(4)13(11)14(15)20/h6,8H,7H2,1-5H3,(H2,15,20)(H,16,19). The van der Waals surface area contributed by atoms with Gasteiger partial charge in [0.2, 0.25) is 5.91 Å². The average Bonchev–Trinajstić information content (AvgIpc) is 2.25. The maximum atomic E-state index is 11.9. The monoisotopic (exact) mass is 294 g/mol. The van der Waals surface area contributed by atoms with Crippen LogP contribution in [0, 0.1) is 13.8 Å². The Morgan fingerprint density at radius 2 is 2.10 bits per heavy atom. The number of pyridine rings is 1. The number of hydrogen-bond donors (Lipinski definition) is 2. The number of thiocarbonyl (C=S) groups is 1. The molecule has 0 unspecified atom stereocenters. The van der Waals surface area contributed by atoms with E-state index >= 15 is 0 Å². The van der Waals surface area contributed by atoms with Crippen molar-refractivity contribution < 1.29 is 4.79 Å². The van der Waals surface area contributed by atoms with Crippen molar-refractivity contribution in [2.45, 2.75) is 33.7 Å². The first-order chi connectivity index (χ1) is 9.22. The van der Waals surface area contributed by atoms with Crippen molar-refractivity contribution in [2.75, 3.05) is 18.5 Å². The summed E-state index contributed by atoms with van der Waals surface area (Å²) in [6, 6.07) is 2.01. The highest BCUT2D eigenvalue weighted by atomic mass is 32.1. The normalized spacial score (nSPS) is 10.5. The van der Waals surface area contributed by atoms with Gasteiger partial charge in [0.1, 0.15) is 4.99 Å². The number of nitrogens with two attached hydrogens (primary N) is 1. The first kappa shape index (κ1) is 16.4. The van der Waals surface area contributed by atoms with Crippen LogP contribution in [0.15, 0.2) is 6.07 Å². The van der Waals surface area contributed by atoms with E-state index in [0.717, 1.165) is 22.6 Å². The Balaban J connectivity index is 3.06. The largest absolute Gasteiger partial charge is 0.389 e. The maximum absolute atomic E-state index is 11.9. The number of carbonyl (C=O) groups excluding carboxylic acids is 1. The zero-order valence-electron chi connectivity index (χ0n) is 12.7. The summed E-state index contributed by atoms with van der Waals surface area (Å²) in [4.78, 5) is 18.4. The molecule has 0 spiro atoms. The van der Waals surface area contributed by atoms with Crippen LogP contribution in [-0.2, 0) is 4.79 Å². The van der Waals surface area contributed by atoms with Crippen LogP contribution in [0.3, 0.4) is 0 Å². The zero-order chi connectivity index (χ0) is 15.4. The van der Waals surface area contributed by atoms with Gasteiger partial charge in [-0.25, -0.2) is 0 Å². The third kappa shape index (κ3) is 4.16. The summed E-state index contributed by atoms with van der Waals surface area (Å²) in [7, 11) is 1.84. The predicted octanol–water partition coefficient (Wildman–Crippen LogP) is 1.29. The lowest BCUT2D eigenvalue weighted by Crippen LogP contribution is -2.39. The fourth-order valence-electron chi connectivity index (χ4n) is 2.08. The molecule has 0 saturated heterocycles. The van der Waals surface area contributed by atoms with Gasteiger partial charge in [-0.05, 0) is 33.8 Å². The second-order valence-electron chi connectivity index (χ2n) is 5.19. The first-order valence-corrected chi connectivity index (χ1v) is 6.91. The second-order valence-corrected chi connectivity index (χ2v) is 5.63. The minimum atomic E-state index is -0.0384. The van der Waals surface area contributed by atoms with Crippen molar-refractivity contribution in [2.24, 2.45) is 5.73 Å². The lowest BCUT2D eigenvalue weighted by atomic mass is 10.1. The molecule has 0 atom stereocenters. The number of likely N-dealkylation sites (N-methyl/N-ethyl adjacent to an activating group) is 1. The van der Waals surface area contributed by atoms with Crippen LogP contribution in [0.25, 0.3) is 0 Å². The summed E-state index contributed by atoms with van der Waals surface area (Å²) in [5.74, 6) is -0.0384. The van der Waals surface area contributed by atoms with Gasteiger partial charge < -0.3 is 16.0 Å². The third-order valence-electron chi connectivity index (χ3n) is 2.80.